The van der Waals surface area contributed by atoms with Gasteiger partial charge in [-0.3, -0.25) is 9.69 Å². The number of hydrogen-bond donors (Lipinski definition) is 2. The number of likely N-dealkylation sites (tertiary alicyclic amines) is 1. The SMILES string of the molecule is Cc1nc(C[C@H]2CCCN(Cc3cccc4[nH]ccc34)C2)cc(C(N)=O)n1. The van der Waals surface area contributed by atoms with Crippen molar-refractivity contribution in [3.8, 4) is 0 Å². The fraction of sp³-hybridized carbons (Fsp3) is 0.381. The Morgan fingerprint density at radius 3 is 3.07 bits per heavy atom. The third-order valence-electron chi connectivity index (χ3n) is 5.32. The maximum Gasteiger partial charge on any atom is 0.267 e. The molecule has 1 fully saturated rings. The minimum Gasteiger partial charge on any atom is -0.364 e. The maximum absolute atomic E-state index is 11.5. The summed E-state index contributed by atoms with van der Waals surface area (Å²) in [5.41, 5.74) is 9.17. The Labute approximate surface area is 158 Å². The second kappa shape index (κ2) is 7.48. The van der Waals surface area contributed by atoms with E-state index in [1.165, 1.54) is 29.3 Å². The summed E-state index contributed by atoms with van der Waals surface area (Å²) in [7, 11) is 0. The molecule has 6 nitrogen and oxygen atoms in total. The first-order chi connectivity index (χ1) is 13.1. The Hall–Kier alpha value is -2.73. The van der Waals surface area contributed by atoms with Crippen LogP contribution in [-0.2, 0) is 13.0 Å². The summed E-state index contributed by atoms with van der Waals surface area (Å²) < 4.78 is 0. The highest BCUT2D eigenvalue weighted by molar-refractivity contribution is 5.90. The van der Waals surface area contributed by atoms with Crippen LogP contribution in [0.15, 0.2) is 36.5 Å². The van der Waals surface area contributed by atoms with Crippen LogP contribution < -0.4 is 5.73 Å². The highest BCUT2D eigenvalue weighted by Gasteiger charge is 2.22. The lowest BCUT2D eigenvalue weighted by atomic mass is 9.92. The van der Waals surface area contributed by atoms with Crippen LogP contribution >= 0.6 is 0 Å². The molecule has 6 heteroatoms. The van der Waals surface area contributed by atoms with Crippen molar-refractivity contribution in [2.75, 3.05) is 13.1 Å². The second-order valence-electron chi connectivity index (χ2n) is 7.46. The molecule has 1 atom stereocenters. The molecule has 1 amide bonds. The van der Waals surface area contributed by atoms with E-state index >= 15 is 0 Å². The van der Waals surface area contributed by atoms with Gasteiger partial charge in [-0.25, -0.2) is 9.97 Å². The fourth-order valence-corrected chi connectivity index (χ4v) is 4.15. The van der Waals surface area contributed by atoms with Gasteiger partial charge in [0.2, 0.25) is 0 Å². The fourth-order valence-electron chi connectivity index (χ4n) is 4.15. The Morgan fingerprint density at radius 2 is 2.22 bits per heavy atom. The van der Waals surface area contributed by atoms with Gasteiger partial charge >= 0.3 is 0 Å². The quantitative estimate of drug-likeness (QED) is 0.730. The van der Waals surface area contributed by atoms with Crippen LogP contribution in [0.2, 0.25) is 0 Å². The van der Waals surface area contributed by atoms with Gasteiger partial charge in [-0.15, -0.1) is 0 Å². The number of nitrogens with two attached hydrogens (primary N) is 1. The zero-order valence-corrected chi connectivity index (χ0v) is 15.6. The van der Waals surface area contributed by atoms with Gasteiger partial charge in [0, 0.05) is 35.9 Å². The van der Waals surface area contributed by atoms with Crippen molar-refractivity contribution in [2.24, 2.45) is 11.7 Å². The van der Waals surface area contributed by atoms with Crippen molar-refractivity contribution < 1.29 is 4.79 Å². The molecule has 0 unspecified atom stereocenters. The molecular formula is C21H25N5O. The minimum atomic E-state index is -0.494. The smallest absolute Gasteiger partial charge is 0.267 e. The molecule has 0 saturated carbocycles. The molecule has 140 valence electrons. The highest BCUT2D eigenvalue weighted by Crippen LogP contribution is 2.24. The molecule has 2 aromatic heterocycles. The van der Waals surface area contributed by atoms with E-state index in [-0.39, 0.29) is 0 Å². The van der Waals surface area contributed by atoms with Crippen LogP contribution in [0.25, 0.3) is 10.9 Å². The molecule has 0 aliphatic carbocycles. The number of aromatic nitrogens is 3. The van der Waals surface area contributed by atoms with E-state index in [9.17, 15) is 4.79 Å². The number of carbonyl (C=O) groups is 1. The zero-order valence-electron chi connectivity index (χ0n) is 15.6. The average molecular weight is 363 g/mol. The van der Waals surface area contributed by atoms with Crippen LogP contribution in [0.4, 0.5) is 0 Å². The van der Waals surface area contributed by atoms with E-state index in [4.69, 9.17) is 5.73 Å². The van der Waals surface area contributed by atoms with E-state index in [0.29, 0.717) is 17.4 Å². The molecule has 1 aromatic carbocycles. The summed E-state index contributed by atoms with van der Waals surface area (Å²) in [5, 5.41) is 1.30. The van der Waals surface area contributed by atoms with Crippen molar-refractivity contribution in [3.05, 3.63) is 59.3 Å². The molecule has 3 N–H and O–H groups in total. The largest absolute Gasteiger partial charge is 0.364 e. The summed E-state index contributed by atoms with van der Waals surface area (Å²) in [5.74, 6) is 0.638. The molecular weight excluding hydrogens is 338 g/mol. The molecule has 1 saturated heterocycles. The summed E-state index contributed by atoms with van der Waals surface area (Å²) in [6, 6.07) is 10.3. The topological polar surface area (TPSA) is 87.9 Å². The molecule has 0 radical (unpaired) electrons. The molecule has 1 aliphatic rings. The highest BCUT2D eigenvalue weighted by atomic mass is 16.1. The summed E-state index contributed by atoms with van der Waals surface area (Å²) in [6.45, 7) is 4.92. The monoisotopic (exact) mass is 363 g/mol. The van der Waals surface area contributed by atoms with Gasteiger partial charge < -0.3 is 10.7 Å². The van der Waals surface area contributed by atoms with Gasteiger partial charge in [-0.05, 0) is 62.4 Å². The summed E-state index contributed by atoms with van der Waals surface area (Å²) in [6.07, 6.45) is 5.22. The van der Waals surface area contributed by atoms with Gasteiger partial charge in [0.05, 0.1) is 0 Å². The third-order valence-corrected chi connectivity index (χ3v) is 5.32. The minimum absolute atomic E-state index is 0.310. The van der Waals surface area contributed by atoms with Gasteiger partial charge in [0.25, 0.3) is 5.91 Å². The summed E-state index contributed by atoms with van der Waals surface area (Å²) >= 11 is 0. The lowest BCUT2D eigenvalue weighted by Gasteiger charge is -2.33. The molecule has 0 bridgehead atoms. The van der Waals surface area contributed by atoms with Crippen molar-refractivity contribution in [1.29, 1.82) is 0 Å². The first-order valence-corrected chi connectivity index (χ1v) is 9.50. The van der Waals surface area contributed by atoms with Gasteiger partial charge in [0.15, 0.2) is 0 Å². The van der Waals surface area contributed by atoms with Crippen LogP contribution in [0, 0.1) is 12.8 Å². The van der Waals surface area contributed by atoms with Gasteiger partial charge in [0.1, 0.15) is 11.5 Å². The number of hydrogen-bond acceptors (Lipinski definition) is 4. The molecule has 4 rings (SSSR count). The van der Waals surface area contributed by atoms with Crippen molar-refractivity contribution in [1.82, 2.24) is 19.9 Å². The number of nitrogens with zero attached hydrogens (tertiary/aromatic N) is 3. The number of piperidine rings is 1. The van der Waals surface area contributed by atoms with E-state index in [1.807, 2.05) is 6.20 Å². The molecule has 3 heterocycles. The van der Waals surface area contributed by atoms with E-state index < -0.39 is 5.91 Å². The standard InChI is InChI=1S/C21H25N5O/c1-14-24-17(11-20(25-14)21(22)27)10-15-4-3-9-26(12-15)13-16-5-2-6-19-18(16)7-8-23-19/h2,5-8,11,15,23H,3-4,9-10,12-13H2,1H3,(H2,22,27)/t15-/m1/s1. The molecule has 0 spiro atoms. The lowest BCUT2D eigenvalue weighted by molar-refractivity contribution is 0.0995. The van der Waals surface area contributed by atoms with Crippen molar-refractivity contribution >= 4 is 16.8 Å². The first kappa shape index (κ1) is 17.7. The number of benzene rings is 1. The number of primary amides is 1. The van der Waals surface area contributed by atoms with Crippen LogP contribution in [-0.4, -0.2) is 38.8 Å². The Morgan fingerprint density at radius 1 is 1.33 bits per heavy atom. The Kier molecular flexibility index (Phi) is 4.90. The van der Waals surface area contributed by atoms with Crippen LogP contribution in [0.3, 0.4) is 0 Å². The number of nitrogens with one attached hydrogen (secondary N) is 1. The maximum atomic E-state index is 11.5. The number of rotatable bonds is 5. The van der Waals surface area contributed by atoms with Crippen molar-refractivity contribution in [2.45, 2.75) is 32.7 Å². The van der Waals surface area contributed by atoms with E-state index in [1.54, 1.807) is 13.0 Å². The average Bonchev–Trinajstić information content (AvgIpc) is 3.11. The van der Waals surface area contributed by atoms with E-state index in [0.717, 1.165) is 31.7 Å². The lowest BCUT2D eigenvalue weighted by Crippen LogP contribution is -2.36. The number of carbonyl (C=O) groups excluding carboxylic acids is 1. The third kappa shape index (κ3) is 4.01. The second-order valence-corrected chi connectivity index (χ2v) is 7.46. The number of fused-ring (bicyclic) bond motifs is 1. The van der Waals surface area contributed by atoms with Crippen molar-refractivity contribution in [3.63, 3.8) is 0 Å². The zero-order chi connectivity index (χ0) is 18.8. The van der Waals surface area contributed by atoms with Gasteiger partial charge in [-0.1, -0.05) is 12.1 Å². The summed E-state index contributed by atoms with van der Waals surface area (Å²) in [4.78, 5) is 25.9. The number of H-pyrrole nitrogens is 1. The van der Waals surface area contributed by atoms with Crippen LogP contribution in [0.5, 0.6) is 0 Å². The van der Waals surface area contributed by atoms with Gasteiger partial charge in [-0.2, -0.15) is 0 Å². The molecule has 3 aromatic rings. The molecule has 27 heavy (non-hydrogen) atoms. The number of aryl methyl sites for hydroxylation is 1. The predicted octanol–water partition coefficient (Wildman–Crippen LogP) is 2.82. The number of amides is 1. The normalized spacial score (nSPS) is 18.0. The molecule has 1 aliphatic heterocycles. The first-order valence-electron chi connectivity index (χ1n) is 9.50. The predicted molar refractivity (Wildman–Crippen MR) is 105 cm³/mol. The number of aromatic amines is 1. The Bertz CT molecular complexity index is 964. The Balaban J connectivity index is 1.45. The van der Waals surface area contributed by atoms with E-state index in [2.05, 4.69) is 44.1 Å². The van der Waals surface area contributed by atoms with Crippen LogP contribution in [0.1, 0.15) is 40.4 Å².